The first kappa shape index (κ1) is 18.0. The quantitative estimate of drug-likeness (QED) is 0.651. The van der Waals surface area contributed by atoms with Crippen LogP contribution < -0.4 is 11.1 Å². The lowest BCUT2D eigenvalue weighted by molar-refractivity contribution is -0.148. The molecule has 0 aliphatic rings. The average molecular weight is 308 g/mol. The highest BCUT2D eigenvalue weighted by atomic mass is 16.5. The fourth-order valence-corrected chi connectivity index (χ4v) is 1.75. The second-order valence-corrected chi connectivity index (χ2v) is 5.74. The molecule has 0 heterocycles. The molecule has 1 atom stereocenters. The van der Waals surface area contributed by atoms with Gasteiger partial charge in [-0.1, -0.05) is 12.1 Å². The van der Waals surface area contributed by atoms with E-state index in [0.29, 0.717) is 0 Å². The van der Waals surface area contributed by atoms with Gasteiger partial charge < -0.3 is 20.9 Å². The van der Waals surface area contributed by atoms with E-state index in [1.165, 1.54) is 12.1 Å². The first-order chi connectivity index (χ1) is 10.3. The molecule has 1 rings (SSSR count). The Balaban J connectivity index is 2.86. The van der Waals surface area contributed by atoms with Gasteiger partial charge in [-0.2, -0.15) is 0 Å². The van der Waals surface area contributed by atoms with Gasteiger partial charge in [0.05, 0.1) is 12.0 Å². The summed E-state index contributed by atoms with van der Waals surface area (Å²) in [5.41, 5.74) is 5.63. The lowest BCUT2D eigenvalue weighted by Crippen LogP contribution is -2.50. The summed E-state index contributed by atoms with van der Waals surface area (Å²) >= 11 is 0. The Bertz CT molecular complexity index is 511. The molecule has 122 valence electrons. The molecule has 1 aromatic carbocycles. The van der Waals surface area contributed by atoms with Crippen molar-refractivity contribution in [2.45, 2.75) is 33.2 Å². The van der Waals surface area contributed by atoms with Crippen molar-refractivity contribution in [3.63, 3.8) is 0 Å². The maximum atomic E-state index is 12.2. The first-order valence-electron chi connectivity index (χ1n) is 7.25. The molecular formula is C16H24N2O4. The Labute approximate surface area is 130 Å². The number of hydrogen-bond donors (Lipinski definition) is 3. The fraction of sp³-hybridized carbons (Fsp3) is 0.500. The third kappa shape index (κ3) is 5.04. The van der Waals surface area contributed by atoms with Crippen molar-refractivity contribution in [2.24, 2.45) is 11.1 Å². The number of rotatable bonds is 7. The van der Waals surface area contributed by atoms with Crippen LogP contribution in [0.5, 0.6) is 5.75 Å². The highest BCUT2D eigenvalue weighted by molar-refractivity contribution is 5.87. The van der Waals surface area contributed by atoms with Crippen molar-refractivity contribution in [1.82, 2.24) is 5.32 Å². The summed E-state index contributed by atoms with van der Waals surface area (Å²) in [5, 5.41) is 12.0. The van der Waals surface area contributed by atoms with Crippen LogP contribution in [0.4, 0.5) is 0 Å². The van der Waals surface area contributed by atoms with Crippen LogP contribution >= 0.6 is 0 Å². The summed E-state index contributed by atoms with van der Waals surface area (Å²) in [6.45, 7) is 5.55. The standard InChI is InChI=1S/C16H24N2O4/c1-4-22-14(20)13(18-15(21)16(2,3)10-17)9-11-5-7-12(19)8-6-11/h5-8,13,19H,4,9-10,17H2,1-3H3,(H,18,21)/t13-/m0/s1. The van der Waals surface area contributed by atoms with Crippen LogP contribution in [0.1, 0.15) is 26.3 Å². The van der Waals surface area contributed by atoms with Gasteiger partial charge in [0.1, 0.15) is 11.8 Å². The van der Waals surface area contributed by atoms with Crippen LogP contribution in [0.25, 0.3) is 0 Å². The fourth-order valence-electron chi connectivity index (χ4n) is 1.75. The summed E-state index contributed by atoms with van der Waals surface area (Å²) in [6, 6.07) is 5.67. The van der Waals surface area contributed by atoms with Gasteiger partial charge in [-0.05, 0) is 38.5 Å². The van der Waals surface area contributed by atoms with Crippen LogP contribution in [-0.4, -0.2) is 36.2 Å². The second kappa shape index (κ2) is 7.79. The molecule has 6 nitrogen and oxygen atoms in total. The molecule has 0 aliphatic heterocycles. The van der Waals surface area contributed by atoms with Crippen LogP contribution in [0, 0.1) is 5.41 Å². The summed E-state index contributed by atoms with van der Waals surface area (Å²) in [5.74, 6) is -0.645. The summed E-state index contributed by atoms with van der Waals surface area (Å²) in [7, 11) is 0. The van der Waals surface area contributed by atoms with Gasteiger partial charge in [0.15, 0.2) is 0 Å². The third-order valence-corrected chi connectivity index (χ3v) is 3.38. The lowest BCUT2D eigenvalue weighted by atomic mass is 9.92. The zero-order valence-electron chi connectivity index (χ0n) is 13.3. The van der Waals surface area contributed by atoms with E-state index in [4.69, 9.17) is 10.5 Å². The number of ether oxygens (including phenoxy) is 1. The number of nitrogens with one attached hydrogen (secondary N) is 1. The topological polar surface area (TPSA) is 102 Å². The molecule has 0 bridgehead atoms. The lowest BCUT2D eigenvalue weighted by Gasteiger charge is -2.25. The number of esters is 1. The van der Waals surface area contributed by atoms with Crippen molar-refractivity contribution in [3.8, 4) is 5.75 Å². The first-order valence-corrected chi connectivity index (χ1v) is 7.25. The van der Waals surface area contributed by atoms with E-state index in [1.54, 1.807) is 32.9 Å². The normalized spacial score (nSPS) is 12.5. The smallest absolute Gasteiger partial charge is 0.328 e. The van der Waals surface area contributed by atoms with Crippen LogP contribution in [0.3, 0.4) is 0 Å². The number of phenolic OH excluding ortho intramolecular Hbond substituents is 1. The number of amides is 1. The number of aromatic hydroxyl groups is 1. The minimum Gasteiger partial charge on any atom is -0.508 e. The SMILES string of the molecule is CCOC(=O)[C@H](Cc1ccc(O)cc1)NC(=O)C(C)(C)CN. The molecule has 22 heavy (non-hydrogen) atoms. The number of benzene rings is 1. The van der Waals surface area contributed by atoms with Gasteiger partial charge in [0.2, 0.25) is 5.91 Å². The predicted octanol–water partition coefficient (Wildman–Crippen LogP) is 0.967. The monoisotopic (exact) mass is 308 g/mol. The highest BCUT2D eigenvalue weighted by Gasteiger charge is 2.30. The molecule has 0 aromatic heterocycles. The molecular weight excluding hydrogens is 284 g/mol. The van der Waals surface area contributed by atoms with Crippen molar-refractivity contribution in [3.05, 3.63) is 29.8 Å². The van der Waals surface area contributed by atoms with Crippen LogP contribution in [0.2, 0.25) is 0 Å². The second-order valence-electron chi connectivity index (χ2n) is 5.74. The number of carbonyl (C=O) groups is 2. The maximum Gasteiger partial charge on any atom is 0.328 e. The van der Waals surface area contributed by atoms with Gasteiger partial charge in [-0.15, -0.1) is 0 Å². The minimum absolute atomic E-state index is 0.143. The summed E-state index contributed by atoms with van der Waals surface area (Å²) < 4.78 is 5.01. The highest BCUT2D eigenvalue weighted by Crippen LogP contribution is 2.15. The van der Waals surface area contributed by atoms with E-state index in [0.717, 1.165) is 5.56 Å². The molecule has 1 amide bonds. The summed E-state index contributed by atoms with van der Waals surface area (Å²) in [6.07, 6.45) is 0.283. The van der Waals surface area contributed by atoms with Gasteiger partial charge in [-0.3, -0.25) is 4.79 Å². The molecule has 0 saturated heterocycles. The Hall–Kier alpha value is -2.08. The predicted molar refractivity (Wildman–Crippen MR) is 83.2 cm³/mol. The van der Waals surface area contributed by atoms with E-state index in [1.807, 2.05) is 0 Å². The Morgan fingerprint density at radius 1 is 1.32 bits per heavy atom. The summed E-state index contributed by atoms with van der Waals surface area (Å²) in [4.78, 5) is 24.3. The van der Waals surface area contributed by atoms with Gasteiger partial charge in [-0.25, -0.2) is 4.79 Å². The number of phenols is 1. The number of carbonyl (C=O) groups excluding carboxylic acids is 2. The van der Waals surface area contributed by atoms with Gasteiger partial charge in [0, 0.05) is 13.0 Å². The van der Waals surface area contributed by atoms with E-state index >= 15 is 0 Å². The van der Waals surface area contributed by atoms with Crippen molar-refractivity contribution in [1.29, 1.82) is 0 Å². The molecule has 1 aromatic rings. The Kier molecular flexibility index (Phi) is 6.37. The molecule has 0 spiro atoms. The van der Waals surface area contributed by atoms with E-state index in [-0.39, 0.29) is 31.2 Å². The number of nitrogens with two attached hydrogens (primary N) is 1. The third-order valence-electron chi connectivity index (χ3n) is 3.38. The largest absolute Gasteiger partial charge is 0.508 e. The van der Waals surface area contributed by atoms with Crippen LogP contribution in [-0.2, 0) is 20.7 Å². The van der Waals surface area contributed by atoms with E-state index < -0.39 is 17.4 Å². The van der Waals surface area contributed by atoms with Crippen LogP contribution in [0.15, 0.2) is 24.3 Å². The molecule has 0 fully saturated rings. The van der Waals surface area contributed by atoms with Crippen molar-refractivity contribution in [2.75, 3.05) is 13.2 Å². The van der Waals surface area contributed by atoms with Gasteiger partial charge in [0.25, 0.3) is 0 Å². The Morgan fingerprint density at radius 2 is 1.91 bits per heavy atom. The van der Waals surface area contributed by atoms with Crippen molar-refractivity contribution < 1.29 is 19.4 Å². The average Bonchev–Trinajstić information content (AvgIpc) is 2.48. The van der Waals surface area contributed by atoms with Crippen molar-refractivity contribution >= 4 is 11.9 Å². The maximum absolute atomic E-state index is 12.2. The zero-order chi connectivity index (χ0) is 16.8. The zero-order valence-corrected chi connectivity index (χ0v) is 13.3. The van der Waals surface area contributed by atoms with Gasteiger partial charge >= 0.3 is 5.97 Å². The molecule has 0 radical (unpaired) electrons. The van der Waals surface area contributed by atoms with E-state index in [9.17, 15) is 14.7 Å². The molecule has 4 N–H and O–H groups in total. The molecule has 0 aliphatic carbocycles. The molecule has 0 saturated carbocycles. The van der Waals surface area contributed by atoms with E-state index in [2.05, 4.69) is 5.32 Å². The number of hydrogen-bond acceptors (Lipinski definition) is 5. The minimum atomic E-state index is -0.789. The molecule has 0 unspecified atom stereocenters. The Morgan fingerprint density at radius 3 is 2.41 bits per heavy atom. The molecule has 6 heteroatoms.